The van der Waals surface area contributed by atoms with Crippen molar-refractivity contribution < 1.29 is 9.59 Å². The lowest BCUT2D eigenvalue weighted by atomic mass is 9.84. The van der Waals surface area contributed by atoms with Crippen molar-refractivity contribution >= 4 is 23.0 Å². The van der Waals surface area contributed by atoms with Gasteiger partial charge in [0.05, 0.1) is 5.57 Å². The molecule has 1 aliphatic carbocycles. The van der Waals surface area contributed by atoms with Crippen molar-refractivity contribution in [2.24, 2.45) is 0 Å². The summed E-state index contributed by atoms with van der Waals surface area (Å²) < 4.78 is 0. The van der Waals surface area contributed by atoms with Crippen molar-refractivity contribution in [1.29, 1.82) is 0 Å². The van der Waals surface area contributed by atoms with E-state index < -0.39 is 0 Å². The molecule has 25 heavy (non-hydrogen) atoms. The standard InChI is InChI=1S/C22H21NO2/c24-21(14-19-18-8-4-5-9-20(18)23-22(19)25)17-12-10-16(11-13-17)15-6-2-1-3-7-15/h4-5,8-15H,1-3,6-7H2,(H,23,25). The van der Waals surface area contributed by atoms with Gasteiger partial charge in [-0.3, -0.25) is 9.59 Å². The number of para-hydroxylation sites is 1. The van der Waals surface area contributed by atoms with E-state index in [0.29, 0.717) is 17.1 Å². The third-order valence-corrected chi connectivity index (χ3v) is 5.26. The second-order valence-corrected chi connectivity index (χ2v) is 6.88. The molecule has 126 valence electrons. The summed E-state index contributed by atoms with van der Waals surface area (Å²) in [5.74, 6) is 0.286. The molecule has 1 N–H and O–H groups in total. The van der Waals surface area contributed by atoms with Gasteiger partial charge in [0, 0.05) is 16.8 Å². The number of hydrogen-bond donors (Lipinski definition) is 1. The Bertz CT molecular complexity index is 843. The molecular weight excluding hydrogens is 310 g/mol. The van der Waals surface area contributed by atoms with Gasteiger partial charge in [0.15, 0.2) is 5.78 Å². The zero-order chi connectivity index (χ0) is 17.2. The summed E-state index contributed by atoms with van der Waals surface area (Å²) in [6.07, 6.45) is 7.88. The molecule has 0 saturated heterocycles. The highest BCUT2D eigenvalue weighted by Gasteiger charge is 2.24. The van der Waals surface area contributed by atoms with Gasteiger partial charge >= 0.3 is 0 Å². The maximum Gasteiger partial charge on any atom is 0.256 e. The Kier molecular flexibility index (Phi) is 4.22. The summed E-state index contributed by atoms with van der Waals surface area (Å²) in [5.41, 5.74) is 3.95. The minimum Gasteiger partial charge on any atom is -0.321 e. The monoisotopic (exact) mass is 331 g/mol. The first-order valence-electron chi connectivity index (χ1n) is 8.99. The van der Waals surface area contributed by atoms with Crippen LogP contribution < -0.4 is 5.32 Å². The van der Waals surface area contributed by atoms with E-state index in [9.17, 15) is 9.59 Å². The third-order valence-electron chi connectivity index (χ3n) is 5.26. The molecule has 1 fully saturated rings. The molecule has 0 bridgehead atoms. The first-order chi connectivity index (χ1) is 12.2. The summed E-state index contributed by atoms with van der Waals surface area (Å²) >= 11 is 0. The molecule has 2 aliphatic rings. The Balaban J connectivity index is 1.56. The molecule has 0 radical (unpaired) electrons. The molecule has 3 heteroatoms. The maximum absolute atomic E-state index is 12.6. The van der Waals surface area contributed by atoms with Gasteiger partial charge in [-0.2, -0.15) is 0 Å². The molecule has 1 amide bonds. The molecule has 2 aromatic rings. The SMILES string of the molecule is O=C1Nc2ccccc2C1=CC(=O)c1ccc(C2CCCCC2)cc1. The summed E-state index contributed by atoms with van der Waals surface area (Å²) in [6, 6.07) is 15.4. The van der Waals surface area contributed by atoms with E-state index in [4.69, 9.17) is 0 Å². The van der Waals surface area contributed by atoms with Gasteiger partial charge < -0.3 is 5.32 Å². The maximum atomic E-state index is 12.6. The predicted molar refractivity (Wildman–Crippen MR) is 99.6 cm³/mol. The quantitative estimate of drug-likeness (QED) is 0.639. The van der Waals surface area contributed by atoms with E-state index in [1.54, 1.807) is 0 Å². The lowest BCUT2D eigenvalue weighted by Crippen LogP contribution is -2.07. The number of rotatable bonds is 3. The normalized spacial score (nSPS) is 18.9. The molecule has 0 spiro atoms. The number of hydrogen-bond acceptors (Lipinski definition) is 2. The van der Waals surface area contributed by atoms with Crippen molar-refractivity contribution in [3.8, 4) is 0 Å². The van der Waals surface area contributed by atoms with Crippen molar-refractivity contribution in [2.45, 2.75) is 38.0 Å². The average Bonchev–Trinajstić information content (AvgIpc) is 2.98. The van der Waals surface area contributed by atoms with Crippen LogP contribution in [0.25, 0.3) is 5.57 Å². The van der Waals surface area contributed by atoms with Gasteiger partial charge in [0.2, 0.25) is 0 Å². The van der Waals surface area contributed by atoms with Crippen LogP contribution in [0.5, 0.6) is 0 Å². The Morgan fingerprint density at radius 1 is 0.960 bits per heavy atom. The van der Waals surface area contributed by atoms with Gasteiger partial charge in [0.25, 0.3) is 5.91 Å². The lowest BCUT2D eigenvalue weighted by molar-refractivity contribution is -0.110. The minimum absolute atomic E-state index is 0.128. The van der Waals surface area contributed by atoms with Gasteiger partial charge in [-0.05, 0) is 36.5 Å². The number of nitrogens with one attached hydrogen (secondary N) is 1. The molecule has 0 aromatic heterocycles. The van der Waals surface area contributed by atoms with Crippen LogP contribution >= 0.6 is 0 Å². The molecular formula is C22H21NO2. The van der Waals surface area contributed by atoms with Gasteiger partial charge in [-0.25, -0.2) is 0 Å². The van der Waals surface area contributed by atoms with E-state index in [-0.39, 0.29) is 11.7 Å². The summed E-state index contributed by atoms with van der Waals surface area (Å²) in [6.45, 7) is 0. The number of fused-ring (bicyclic) bond motifs is 1. The Morgan fingerprint density at radius 2 is 1.68 bits per heavy atom. The Morgan fingerprint density at radius 3 is 2.44 bits per heavy atom. The number of ketones is 1. The van der Waals surface area contributed by atoms with Gasteiger partial charge in [-0.15, -0.1) is 0 Å². The van der Waals surface area contributed by atoms with Crippen LogP contribution in [0.3, 0.4) is 0 Å². The second kappa shape index (κ2) is 6.67. The fraction of sp³-hybridized carbons (Fsp3) is 0.273. The molecule has 4 rings (SSSR count). The van der Waals surface area contributed by atoms with Crippen molar-refractivity contribution in [3.63, 3.8) is 0 Å². The summed E-state index contributed by atoms with van der Waals surface area (Å²) in [4.78, 5) is 24.7. The van der Waals surface area contributed by atoms with Crippen molar-refractivity contribution in [1.82, 2.24) is 0 Å². The van der Waals surface area contributed by atoms with Gasteiger partial charge in [0.1, 0.15) is 0 Å². The van der Waals surface area contributed by atoms with Crippen molar-refractivity contribution in [3.05, 3.63) is 71.3 Å². The molecule has 1 saturated carbocycles. The van der Waals surface area contributed by atoms with Crippen LogP contribution in [0.4, 0.5) is 5.69 Å². The fourth-order valence-electron chi connectivity index (χ4n) is 3.85. The van der Waals surface area contributed by atoms with E-state index in [0.717, 1.165) is 11.3 Å². The van der Waals surface area contributed by atoms with Crippen molar-refractivity contribution in [2.75, 3.05) is 5.32 Å². The summed E-state index contributed by atoms with van der Waals surface area (Å²) in [5, 5.41) is 2.80. The molecule has 2 aromatic carbocycles. The minimum atomic E-state index is -0.214. The predicted octanol–water partition coefficient (Wildman–Crippen LogP) is 4.95. The van der Waals surface area contributed by atoms with E-state index >= 15 is 0 Å². The third kappa shape index (κ3) is 3.14. The number of carbonyl (C=O) groups is 2. The Labute approximate surface area is 147 Å². The number of allylic oxidation sites excluding steroid dienone is 1. The zero-order valence-electron chi connectivity index (χ0n) is 14.1. The van der Waals surface area contributed by atoms with Gasteiger partial charge in [-0.1, -0.05) is 61.7 Å². The van der Waals surface area contributed by atoms with Crippen LogP contribution in [0.15, 0.2) is 54.6 Å². The number of carbonyl (C=O) groups excluding carboxylic acids is 2. The molecule has 1 aliphatic heterocycles. The second-order valence-electron chi connectivity index (χ2n) is 6.88. The van der Waals surface area contributed by atoms with E-state index in [1.165, 1.54) is 43.7 Å². The highest BCUT2D eigenvalue weighted by molar-refractivity contribution is 6.35. The van der Waals surface area contributed by atoms with Crippen LogP contribution in [0, 0.1) is 0 Å². The molecule has 3 nitrogen and oxygen atoms in total. The topological polar surface area (TPSA) is 46.2 Å². The number of anilines is 1. The smallest absolute Gasteiger partial charge is 0.256 e. The highest BCUT2D eigenvalue weighted by atomic mass is 16.2. The van der Waals surface area contributed by atoms with Crippen LogP contribution in [-0.2, 0) is 4.79 Å². The largest absolute Gasteiger partial charge is 0.321 e. The van der Waals surface area contributed by atoms with E-state index in [2.05, 4.69) is 17.4 Å². The Hall–Kier alpha value is -2.68. The molecule has 0 atom stereocenters. The molecule has 0 unspecified atom stereocenters. The van der Waals surface area contributed by atoms with Crippen LogP contribution in [-0.4, -0.2) is 11.7 Å². The fourth-order valence-corrected chi connectivity index (χ4v) is 3.85. The van der Waals surface area contributed by atoms with E-state index in [1.807, 2.05) is 36.4 Å². The number of benzene rings is 2. The zero-order valence-corrected chi connectivity index (χ0v) is 14.1. The molecule has 1 heterocycles. The average molecular weight is 331 g/mol. The van der Waals surface area contributed by atoms with Crippen LogP contribution in [0.1, 0.15) is 59.5 Å². The summed E-state index contributed by atoms with van der Waals surface area (Å²) in [7, 11) is 0. The highest BCUT2D eigenvalue weighted by Crippen LogP contribution is 2.33. The van der Waals surface area contributed by atoms with Crippen LogP contribution in [0.2, 0.25) is 0 Å². The lowest BCUT2D eigenvalue weighted by Gasteiger charge is -2.21. The number of amides is 1. The first kappa shape index (κ1) is 15.8. The first-order valence-corrected chi connectivity index (χ1v) is 8.99.